The summed E-state index contributed by atoms with van der Waals surface area (Å²) in [4.78, 5) is 0. The molecule has 0 fully saturated rings. The van der Waals surface area contributed by atoms with Crippen LogP contribution >= 0.6 is 0 Å². The fourth-order valence-corrected chi connectivity index (χ4v) is 2.85. The van der Waals surface area contributed by atoms with Crippen LogP contribution in [0, 0.1) is 0 Å². The number of rotatable bonds is 10. The number of hydrogen-bond donors (Lipinski definition) is 1. The SMILES string of the molecule is CCCCOCCOc1cccc2c1CCC2NCCC. The van der Waals surface area contributed by atoms with Gasteiger partial charge in [0.25, 0.3) is 0 Å². The lowest BCUT2D eigenvalue weighted by Gasteiger charge is -2.15. The first kappa shape index (κ1) is 16.3. The number of unbranched alkanes of at least 4 members (excludes halogenated alkanes) is 1. The fourth-order valence-electron chi connectivity index (χ4n) is 2.85. The maximum Gasteiger partial charge on any atom is 0.122 e. The Bertz CT molecular complexity index is 420. The van der Waals surface area contributed by atoms with Crippen LogP contribution in [0.2, 0.25) is 0 Å². The van der Waals surface area contributed by atoms with E-state index in [-0.39, 0.29) is 0 Å². The largest absolute Gasteiger partial charge is 0.491 e. The molecule has 3 nitrogen and oxygen atoms in total. The van der Waals surface area contributed by atoms with Crippen LogP contribution in [-0.2, 0) is 11.2 Å². The molecule has 0 saturated carbocycles. The molecule has 21 heavy (non-hydrogen) atoms. The second-order valence-electron chi connectivity index (χ2n) is 5.68. The second-order valence-corrected chi connectivity index (χ2v) is 5.68. The molecular formula is C18H29NO2. The minimum Gasteiger partial charge on any atom is -0.491 e. The van der Waals surface area contributed by atoms with Gasteiger partial charge in [0.2, 0.25) is 0 Å². The van der Waals surface area contributed by atoms with Crippen LogP contribution in [0.15, 0.2) is 18.2 Å². The van der Waals surface area contributed by atoms with Gasteiger partial charge in [-0.3, -0.25) is 0 Å². The monoisotopic (exact) mass is 291 g/mol. The summed E-state index contributed by atoms with van der Waals surface area (Å²) >= 11 is 0. The molecule has 0 amide bonds. The van der Waals surface area contributed by atoms with Gasteiger partial charge in [-0.1, -0.05) is 32.4 Å². The number of hydrogen-bond acceptors (Lipinski definition) is 3. The predicted molar refractivity (Wildman–Crippen MR) is 87.0 cm³/mol. The molecule has 2 rings (SSSR count). The highest BCUT2D eigenvalue weighted by Crippen LogP contribution is 2.36. The first-order valence-electron chi connectivity index (χ1n) is 8.42. The summed E-state index contributed by atoms with van der Waals surface area (Å²) in [5, 5.41) is 3.62. The molecule has 0 saturated heterocycles. The summed E-state index contributed by atoms with van der Waals surface area (Å²) in [7, 11) is 0. The van der Waals surface area contributed by atoms with E-state index in [0.717, 1.165) is 31.7 Å². The van der Waals surface area contributed by atoms with Gasteiger partial charge < -0.3 is 14.8 Å². The molecule has 0 spiro atoms. The summed E-state index contributed by atoms with van der Waals surface area (Å²) in [5.41, 5.74) is 2.81. The van der Waals surface area contributed by atoms with E-state index >= 15 is 0 Å². The Morgan fingerprint density at radius 3 is 2.86 bits per heavy atom. The lowest BCUT2D eigenvalue weighted by Crippen LogP contribution is -2.19. The Kier molecular flexibility index (Phi) is 7.04. The van der Waals surface area contributed by atoms with E-state index in [4.69, 9.17) is 9.47 Å². The van der Waals surface area contributed by atoms with Gasteiger partial charge in [-0.2, -0.15) is 0 Å². The third-order valence-electron chi connectivity index (χ3n) is 4.00. The second kappa shape index (κ2) is 9.06. The van der Waals surface area contributed by atoms with Gasteiger partial charge in [-0.05, 0) is 49.4 Å². The van der Waals surface area contributed by atoms with E-state index in [9.17, 15) is 0 Å². The first-order chi connectivity index (χ1) is 10.4. The molecule has 1 aromatic carbocycles. The van der Waals surface area contributed by atoms with Gasteiger partial charge in [0.1, 0.15) is 12.4 Å². The van der Waals surface area contributed by atoms with Gasteiger partial charge in [-0.25, -0.2) is 0 Å². The van der Waals surface area contributed by atoms with E-state index in [0.29, 0.717) is 19.3 Å². The van der Waals surface area contributed by atoms with Crippen LogP contribution in [0.3, 0.4) is 0 Å². The maximum absolute atomic E-state index is 5.93. The molecule has 0 bridgehead atoms. The summed E-state index contributed by atoms with van der Waals surface area (Å²) in [6, 6.07) is 6.94. The molecular weight excluding hydrogens is 262 g/mol. The molecule has 1 aromatic rings. The molecule has 3 heteroatoms. The molecule has 1 aliphatic rings. The number of nitrogens with one attached hydrogen (secondary N) is 1. The standard InChI is InChI=1S/C18H29NO2/c1-3-5-12-20-13-14-21-18-8-6-7-15-16(18)9-10-17(15)19-11-4-2/h6-8,17,19H,3-5,9-14H2,1-2H3. The minimum absolute atomic E-state index is 0.504. The van der Waals surface area contributed by atoms with Crippen molar-refractivity contribution in [2.45, 2.75) is 52.0 Å². The molecule has 118 valence electrons. The quantitative estimate of drug-likeness (QED) is 0.664. The Morgan fingerprint density at radius 1 is 1.14 bits per heavy atom. The van der Waals surface area contributed by atoms with Crippen LogP contribution in [0.5, 0.6) is 5.75 Å². The molecule has 1 unspecified atom stereocenters. The summed E-state index contributed by atoms with van der Waals surface area (Å²) in [5.74, 6) is 1.05. The van der Waals surface area contributed by atoms with E-state index in [1.165, 1.54) is 30.4 Å². The highest BCUT2D eigenvalue weighted by molar-refractivity contribution is 5.45. The molecule has 0 aliphatic heterocycles. The van der Waals surface area contributed by atoms with Crippen molar-refractivity contribution in [2.24, 2.45) is 0 Å². The van der Waals surface area contributed by atoms with Gasteiger partial charge >= 0.3 is 0 Å². The normalized spacial score (nSPS) is 17.0. The third kappa shape index (κ3) is 4.72. The Balaban J connectivity index is 1.83. The van der Waals surface area contributed by atoms with Crippen molar-refractivity contribution in [1.82, 2.24) is 5.32 Å². The van der Waals surface area contributed by atoms with E-state index in [1.807, 2.05) is 0 Å². The van der Waals surface area contributed by atoms with Crippen molar-refractivity contribution in [3.63, 3.8) is 0 Å². The number of ether oxygens (including phenoxy) is 2. The van der Waals surface area contributed by atoms with Crippen LogP contribution in [0.25, 0.3) is 0 Å². The van der Waals surface area contributed by atoms with Crippen molar-refractivity contribution < 1.29 is 9.47 Å². The predicted octanol–water partition coefficient (Wildman–Crippen LogP) is 3.87. The topological polar surface area (TPSA) is 30.5 Å². The van der Waals surface area contributed by atoms with Crippen LogP contribution < -0.4 is 10.1 Å². The van der Waals surface area contributed by atoms with E-state index in [1.54, 1.807) is 0 Å². The highest BCUT2D eigenvalue weighted by atomic mass is 16.5. The van der Waals surface area contributed by atoms with Gasteiger partial charge in [-0.15, -0.1) is 0 Å². The van der Waals surface area contributed by atoms with Gasteiger partial charge in [0, 0.05) is 12.6 Å². The zero-order chi connectivity index (χ0) is 14.9. The van der Waals surface area contributed by atoms with E-state index in [2.05, 4.69) is 37.4 Å². The highest BCUT2D eigenvalue weighted by Gasteiger charge is 2.24. The van der Waals surface area contributed by atoms with Crippen LogP contribution in [0.1, 0.15) is 56.7 Å². The van der Waals surface area contributed by atoms with Crippen molar-refractivity contribution in [3.05, 3.63) is 29.3 Å². The molecule has 1 N–H and O–H groups in total. The van der Waals surface area contributed by atoms with Crippen molar-refractivity contribution >= 4 is 0 Å². The summed E-state index contributed by atoms with van der Waals surface area (Å²) in [6.45, 7) is 7.64. The first-order valence-corrected chi connectivity index (χ1v) is 8.42. The van der Waals surface area contributed by atoms with Crippen molar-refractivity contribution in [3.8, 4) is 5.75 Å². The Labute approximate surface area is 129 Å². The van der Waals surface area contributed by atoms with Gasteiger partial charge in [0.05, 0.1) is 6.61 Å². The average molecular weight is 291 g/mol. The average Bonchev–Trinajstić information content (AvgIpc) is 2.92. The van der Waals surface area contributed by atoms with E-state index < -0.39 is 0 Å². The van der Waals surface area contributed by atoms with Crippen molar-refractivity contribution in [2.75, 3.05) is 26.4 Å². The van der Waals surface area contributed by atoms with Crippen molar-refractivity contribution in [1.29, 1.82) is 0 Å². The maximum atomic E-state index is 5.93. The third-order valence-corrected chi connectivity index (χ3v) is 4.00. The number of fused-ring (bicyclic) bond motifs is 1. The fraction of sp³-hybridized carbons (Fsp3) is 0.667. The zero-order valence-corrected chi connectivity index (χ0v) is 13.5. The smallest absolute Gasteiger partial charge is 0.122 e. The molecule has 1 aliphatic carbocycles. The van der Waals surface area contributed by atoms with Crippen LogP contribution in [-0.4, -0.2) is 26.4 Å². The minimum atomic E-state index is 0.504. The Hall–Kier alpha value is -1.06. The van der Waals surface area contributed by atoms with Crippen LogP contribution in [0.4, 0.5) is 0 Å². The summed E-state index contributed by atoms with van der Waals surface area (Å²) in [6.07, 6.45) is 5.79. The molecule has 0 radical (unpaired) electrons. The molecule has 0 aromatic heterocycles. The Morgan fingerprint density at radius 2 is 2.05 bits per heavy atom. The zero-order valence-electron chi connectivity index (χ0n) is 13.5. The lowest BCUT2D eigenvalue weighted by atomic mass is 10.1. The molecule has 1 atom stereocenters. The summed E-state index contributed by atoms with van der Waals surface area (Å²) < 4.78 is 11.5. The molecule has 0 heterocycles. The number of benzene rings is 1. The lowest BCUT2D eigenvalue weighted by molar-refractivity contribution is 0.0977. The van der Waals surface area contributed by atoms with Gasteiger partial charge in [0.15, 0.2) is 0 Å².